The molecule has 0 amide bonds. The van der Waals surface area contributed by atoms with Crippen LogP contribution in [0.5, 0.6) is 0 Å². The molecule has 0 bridgehead atoms. The minimum absolute atomic E-state index is 0.771. The van der Waals surface area contributed by atoms with Crippen molar-refractivity contribution in [3.63, 3.8) is 0 Å². The number of rotatable bonds is 3. The fraction of sp³-hybridized carbons (Fsp3) is 0.562. The average Bonchev–Trinajstić information content (AvgIpc) is 2.37. The summed E-state index contributed by atoms with van der Waals surface area (Å²) in [6.07, 6.45) is 0. The number of benzene rings is 1. The lowest BCUT2D eigenvalue weighted by molar-refractivity contribution is -0.152. The smallest absolute Gasteiger partial charge is 0.328 e. The van der Waals surface area contributed by atoms with Gasteiger partial charge in [0.05, 0.1) is 0 Å². The normalized spacial score (nSPS) is 20.6. The Labute approximate surface area is 121 Å². The first kappa shape index (κ1) is 15.0. The second-order valence-corrected chi connectivity index (χ2v) is 6.04. The maximum atomic E-state index is 12.0. The lowest BCUT2D eigenvalue weighted by Gasteiger charge is -2.43. The van der Waals surface area contributed by atoms with Crippen LogP contribution >= 0.6 is 0 Å². The van der Waals surface area contributed by atoms with E-state index in [1.807, 2.05) is 32.9 Å². The highest BCUT2D eigenvalue weighted by atomic mass is 16.4. The number of hydrogen-bond donors (Lipinski definition) is 1. The first-order chi connectivity index (χ1) is 9.34. The van der Waals surface area contributed by atoms with Crippen LogP contribution < -0.4 is 0 Å². The SMILES string of the molecule is Cc1cc(C)cc(C(C)(C(=O)O)N2CCN(C)CC2)c1. The molecule has 4 nitrogen and oxygen atoms in total. The molecule has 1 aromatic rings. The zero-order valence-electron chi connectivity index (χ0n) is 12.8. The van der Waals surface area contributed by atoms with E-state index < -0.39 is 11.5 Å². The van der Waals surface area contributed by atoms with Gasteiger partial charge in [-0.2, -0.15) is 0 Å². The summed E-state index contributed by atoms with van der Waals surface area (Å²) in [5.74, 6) is -0.771. The molecule has 1 unspecified atom stereocenters. The topological polar surface area (TPSA) is 43.8 Å². The van der Waals surface area contributed by atoms with Gasteiger partial charge in [0.1, 0.15) is 5.54 Å². The largest absolute Gasteiger partial charge is 0.480 e. The predicted octanol–water partition coefficient (Wildman–Crippen LogP) is 1.85. The van der Waals surface area contributed by atoms with E-state index in [0.29, 0.717) is 0 Å². The van der Waals surface area contributed by atoms with E-state index in [2.05, 4.69) is 22.9 Å². The Bertz CT molecular complexity index is 487. The number of piperazine rings is 1. The van der Waals surface area contributed by atoms with Gasteiger partial charge in [0.15, 0.2) is 0 Å². The molecule has 1 aliphatic heterocycles. The maximum absolute atomic E-state index is 12.0. The number of carboxylic acids is 1. The van der Waals surface area contributed by atoms with Crippen LogP contribution in [0, 0.1) is 13.8 Å². The van der Waals surface area contributed by atoms with Crippen LogP contribution in [0.3, 0.4) is 0 Å². The maximum Gasteiger partial charge on any atom is 0.328 e. The van der Waals surface area contributed by atoms with Crippen LogP contribution in [0.4, 0.5) is 0 Å². The molecular weight excluding hydrogens is 252 g/mol. The number of carbonyl (C=O) groups is 1. The number of likely N-dealkylation sites (N-methyl/N-ethyl adjacent to an activating group) is 1. The van der Waals surface area contributed by atoms with E-state index in [1.54, 1.807) is 0 Å². The van der Waals surface area contributed by atoms with E-state index in [0.717, 1.165) is 42.9 Å². The van der Waals surface area contributed by atoms with Gasteiger partial charge in [-0.3, -0.25) is 4.90 Å². The molecule has 1 aliphatic rings. The molecule has 4 heteroatoms. The summed E-state index contributed by atoms with van der Waals surface area (Å²) in [4.78, 5) is 16.3. The van der Waals surface area contributed by atoms with Gasteiger partial charge >= 0.3 is 5.97 Å². The predicted molar refractivity (Wildman–Crippen MR) is 80.0 cm³/mol. The lowest BCUT2D eigenvalue weighted by atomic mass is 9.87. The van der Waals surface area contributed by atoms with Crippen LogP contribution in [0.1, 0.15) is 23.6 Å². The molecule has 1 aromatic carbocycles. The molecular formula is C16H24N2O2. The Balaban J connectivity index is 2.41. The molecule has 1 atom stereocenters. The van der Waals surface area contributed by atoms with Gasteiger partial charge in [0, 0.05) is 26.2 Å². The Morgan fingerprint density at radius 2 is 1.60 bits per heavy atom. The van der Waals surface area contributed by atoms with Crippen molar-refractivity contribution in [3.8, 4) is 0 Å². The fourth-order valence-electron chi connectivity index (χ4n) is 2.95. The highest BCUT2D eigenvalue weighted by Crippen LogP contribution is 2.31. The van der Waals surface area contributed by atoms with Crippen LogP contribution in [-0.4, -0.2) is 54.1 Å². The summed E-state index contributed by atoms with van der Waals surface area (Å²) in [5.41, 5.74) is 2.16. The Morgan fingerprint density at radius 1 is 1.10 bits per heavy atom. The van der Waals surface area contributed by atoms with Crippen molar-refractivity contribution >= 4 is 5.97 Å². The van der Waals surface area contributed by atoms with Crippen molar-refractivity contribution in [2.75, 3.05) is 33.2 Å². The third-order valence-electron chi connectivity index (χ3n) is 4.34. The van der Waals surface area contributed by atoms with E-state index in [1.165, 1.54) is 0 Å². The zero-order chi connectivity index (χ0) is 14.9. The van der Waals surface area contributed by atoms with Crippen molar-refractivity contribution < 1.29 is 9.90 Å². The molecule has 0 radical (unpaired) electrons. The Hall–Kier alpha value is -1.39. The minimum Gasteiger partial charge on any atom is -0.480 e. The Morgan fingerprint density at radius 3 is 2.05 bits per heavy atom. The van der Waals surface area contributed by atoms with Gasteiger partial charge in [-0.25, -0.2) is 4.79 Å². The highest BCUT2D eigenvalue weighted by molar-refractivity contribution is 5.80. The van der Waals surface area contributed by atoms with Gasteiger partial charge in [0.25, 0.3) is 0 Å². The number of nitrogens with zero attached hydrogens (tertiary/aromatic N) is 2. The molecule has 0 aromatic heterocycles. The number of aryl methyl sites for hydroxylation is 2. The molecule has 0 aliphatic carbocycles. The molecule has 1 N–H and O–H groups in total. The van der Waals surface area contributed by atoms with Gasteiger partial charge in [-0.05, 0) is 33.4 Å². The van der Waals surface area contributed by atoms with Crippen molar-refractivity contribution in [3.05, 3.63) is 34.9 Å². The second-order valence-electron chi connectivity index (χ2n) is 6.04. The van der Waals surface area contributed by atoms with Crippen molar-refractivity contribution in [2.45, 2.75) is 26.3 Å². The van der Waals surface area contributed by atoms with E-state index >= 15 is 0 Å². The van der Waals surface area contributed by atoms with Gasteiger partial charge in [0.2, 0.25) is 0 Å². The molecule has 1 heterocycles. The lowest BCUT2D eigenvalue weighted by Crippen LogP contribution is -2.57. The summed E-state index contributed by atoms with van der Waals surface area (Å²) < 4.78 is 0. The van der Waals surface area contributed by atoms with Gasteiger partial charge < -0.3 is 10.0 Å². The summed E-state index contributed by atoms with van der Waals surface area (Å²) >= 11 is 0. The minimum atomic E-state index is -0.946. The van der Waals surface area contributed by atoms with Gasteiger partial charge in [-0.15, -0.1) is 0 Å². The second kappa shape index (κ2) is 5.54. The number of carboxylic acid groups (broad SMARTS) is 1. The molecule has 0 spiro atoms. The van der Waals surface area contributed by atoms with Crippen molar-refractivity contribution in [2.24, 2.45) is 0 Å². The molecule has 2 rings (SSSR count). The highest BCUT2D eigenvalue weighted by Gasteiger charge is 2.42. The quantitative estimate of drug-likeness (QED) is 0.915. The van der Waals surface area contributed by atoms with Crippen molar-refractivity contribution in [1.82, 2.24) is 9.80 Å². The molecule has 1 saturated heterocycles. The summed E-state index contributed by atoms with van der Waals surface area (Å²) in [7, 11) is 2.08. The van der Waals surface area contributed by atoms with Crippen LogP contribution in [0.25, 0.3) is 0 Å². The van der Waals surface area contributed by atoms with Crippen LogP contribution in [0.2, 0.25) is 0 Å². The van der Waals surface area contributed by atoms with Crippen molar-refractivity contribution in [1.29, 1.82) is 0 Å². The van der Waals surface area contributed by atoms with Crippen LogP contribution in [-0.2, 0) is 10.3 Å². The molecule has 0 saturated carbocycles. The summed E-state index contributed by atoms with van der Waals surface area (Å²) in [5, 5.41) is 9.83. The third-order valence-corrected chi connectivity index (χ3v) is 4.34. The number of aliphatic carboxylic acids is 1. The summed E-state index contributed by atoms with van der Waals surface area (Å²) in [6.45, 7) is 9.25. The summed E-state index contributed by atoms with van der Waals surface area (Å²) in [6, 6.07) is 6.08. The standard InChI is InChI=1S/C16H24N2O2/c1-12-9-13(2)11-14(10-12)16(3,15(19)20)18-7-5-17(4)6-8-18/h9-11H,5-8H2,1-4H3,(H,19,20). The fourth-order valence-corrected chi connectivity index (χ4v) is 2.95. The van der Waals surface area contributed by atoms with Gasteiger partial charge in [-0.1, -0.05) is 29.3 Å². The van der Waals surface area contributed by atoms with E-state index in [4.69, 9.17) is 0 Å². The third kappa shape index (κ3) is 2.72. The molecule has 20 heavy (non-hydrogen) atoms. The first-order valence-corrected chi connectivity index (χ1v) is 7.10. The van der Waals surface area contributed by atoms with E-state index in [9.17, 15) is 9.90 Å². The molecule has 1 fully saturated rings. The number of hydrogen-bond acceptors (Lipinski definition) is 3. The monoisotopic (exact) mass is 276 g/mol. The zero-order valence-corrected chi connectivity index (χ0v) is 12.8. The molecule has 110 valence electrons. The average molecular weight is 276 g/mol. The van der Waals surface area contributed by atoms with Crippen LogP contribution in [0.15, 0.2) is 18.2 Å². The van der Waals surface area contributed by atoms with E-state index in [-0.39, 0.29) is 0 Å². The Kier molecular flexibility index (Phi) is 4.16. The first-order valence-electron chi connectivity index (χ1n) is 7.10.